The average Bonchev–Trinajstić information content (AvgIpc) is 2.38. The first-order valence-electron chi connectivity index (χ1n) is 6.29. The summed E-state index contributed by atoms with van der Waals surface area (Å²) in [7, 11) is 0. The second kappa shape index (κ2) is 5.82. The molecule has 1 aromatic heterocycles. The fourth-order valence-corrected chi connectivity index (χ4v) is 2.47. The van der Waals surface area contributed by atoms with E-state index < -0.39 is 11.6 Å². The van der Waals surface area contributed by atoms with E-state index in [2.05, 4.69) is 26.2 Å². The van der Waals surface area contributed by atoms with Gasteiger partial charge in [0.05, 0.1) is 4.47 Å². The fraction of sp³-hybridized carbons (Fsp3) is 0.357. The van der Waals surface area contributed by atoms with Crippen molar-refractivity contribution in [1.29, 1.82) is 0 Å². The Morgan fingerprint density at radius 1 is 1.26 bits per heavy atom. The van der Waals surface area contributed by atoms with Gasteiger partial charge >= 0.3 is 0 Å². The molecule has 1 N–H and O–H groups in total. The topological polar surface area (TPSA) is 24.9 Å². The molecule has 5 heteroatoms. The molecule has 1 heterocycles. The molecular formula is C14H15BrF2N2. The van der Waals surface area contributed by atoms with Crippen molar-refractivity contribution in [3.63, 3.8) is 0 Å². The normalized spacial score (nSPS) is 11.0. The van der Waals surface area contributed by atoms with Crippen LogP contribution >= 0.6 is 15.9 Å². The molecule has 0 aliphatic rings. The number of rotatable bonds is 4. The van der Waals surface area contributed by atoms with Crippen LogP contribution in [-0.2, 0) is 6.42 Å². The van der Waals surface area contributed by atoms with Crippen molar-refractivity contribution in [2.45, 2.75) is 26.7 Å². The highest BCUT2D eigenvalue weighted by Gasteiger charge is 2.15. The molecule has 2 nitrogen and oxygen atoms in total. The molecule has 19 heavy (non-hydrogen) atoms. The Kier molecular flexibility index (Phi) is 4.34. The van der Waals surface area contributed by atoms with E-state index in [-0.39, 0.29) is 15.4 Å². The van der Waals surface area contributed by atoms with Crippen LogP contribution in [0.2, 0.25) is 0 Å². The van der Waals surface area contributed by atoms with Crippen LogP contribution in [-0.4, -0.2) is 11.5 Å². The first-order valence-corrected chi connectivity index (χ1v) is 7.08. The molecule has 0 spiro atoms. The maximum absolute atomic E-state index is 14.0. The molecule has 0 fully saturated rings. The van der Waals surface area contributed by atoms with E-state index in [0.717, 1.165) is 24.5 Å². The molecular weight excluding hydrogens is 314 g/mol. The van der Waals surface area contributed by atoms with Crippen LogP contribution in [0.3, 0.4) is 0 Å². The van der Waals surface area contributed by atoms with Crippen molar-refractivity contribution < 1.29 is 8.78 Å². The zero-order valence-corrected chi connectivity index (χ0v) is 12.4. The van der Waals surface area contributed by atoms with Gasteiger partial charge in [-0.25, -0.2) is 13.8 Å². The molecule has 102 valence electrons. The zero-order chi connectivity index (χ0) is 14.0. The van der Waals surface area contributed by atoms with Crippen LogP contribution in [0.4, 0.5) is 14.6 Å². The standard InChI is InChI=1S/C14H15BrF2N2/c1-3-5-8-6-9-12(17)10(15)7-11(16)13(9)19-14(8)18-4-2/h6-7H,3-5H2,1-2H3,(H,18,19). The van der Waals surface area contributed by atoms with Gasteiger partial charge in [-0.3, -0.25) is 0 Å². The largest absolute Gasteiger partial charge is 0.370 e. The van der Waals surface area contributed by atoms with Gasteiger partial charge in [0.2, 0.25) is 0 Å². The SMILES string of the molecule is CCCc1cc2c(F)c(Br)cc(F)c2nc1NCC. The lowest BCUT2D eigenvalue weighted by Gasteiger charge is -2.12. The number of aryl methyl sites for hydroxylation is 1. The highest BCUT2D eigenvalue weighted by molar-refractivity contribution is 9.10. The van der Waals surface area contributed by atoms with Gasteiger partial charge in [0.15, 0.2) is 5.82 Å². The molecule has 0 aliphatic carbocycles. The minimum atomic E-state index is -0.523. The Bertz CT molecular complexity index is 614. The molecule has 2 rings (SSSR count). The van der Waals surface area contributed by atoms with Crippen LogP contribution < -0.4 is 5.32 Å². The second-order valence-electron chi connectivity index (χ2n) is 4.33. The number of nitrogens with zero attached hydrogens (tertiary/aromatic N) is 1. The highest BCUT2D eigenvalue weighted by Crippen LogP contribution is 2.30. The Labute approximate surface area is 119 Å². The molecule has 2 aromatic rings. The second-order valence-corrected chi connectivity index (χ2v) is 5.18. The van der Waals surface area contributed by atoms with Crippen LogP contribution in [0.25, 0.3) is 10.9 Å². The molecule has 0 aliphatic heterocycles. The molecule has 1 aromatic carbocycles. The lowest BCUT2D eigenvalue weighted by molar-refractivity contribution is 0.609. The Morgan fingerprint density at radius 2 is 2.00 bits per heavy atom. The van der Waals surface area contributed by atoms with Crippen LogP contribution in [0, 0.1) is 11.6 Å². The van der Waals surface area contributed by atoms with Crippen LogP contribution in [0.15, 0.2) is 16.6 Å². The smallest absolute Gasteiger partial charge is 0.150 e. The van der Waals surface area contributed by atoms with E-state index in [0.29, 0.717) is 12.4 Å². The number of halogens is 3. The predicted octanol–water partition coefficient (Wildman–Crippen LogP) is 4.66. The van der Waals surface area contributed by atoms with E-state index in [1.54, 1.807) is 6.07 Å². The minimum Gasteiger partial charge on any atom is -0.370 e. The van der Waals surface area contributed by atoms with Gasteiger partial charge in [-0.1, -0.05) is 13.3 Å². The van der Waals surface area contributed by atoms with Crippen LogP contribution in [0.1, 0.15) is 25.8 Å². The Hall–Kier alpha value is -1.23. The maximum atomic E-state index is 14.0. The summed E-state index contributed by atoms with van der Waals surface area (Å²) < 4.78 is 28.0. The van der Waals surface area contributed by atoms with Gasteiger partial charge in [0.25, 0.3) is 0 Å². The number of aromatic nitrogens is 1. The fourth-order valence-electron chi connectivity index (χ4n) is 2.06. The van der Waals surface area contributed by atoms with Crippen molar-refractivity contribution in [3.05, 3.63) is 33.8 Å². The lowest BCUT2D eigenvalue weighted by Crippen LogP contribution is -2.05. The number of hydrogen-bond donors (Lipinski definition) is 1. The van der Waals surface area contributed by atoms with Gasteiger partial charge in [-0.2, -0.15) is 0 Å². The minimum absolute atomic E-state index is 0.0662. The monoisotopic (exact) mass is 328 g/mol. The van der Waals surface area contributed by atoms with Gasteiger partial charge in [-0.05, 0) is 47.0 Å². The number of fused-ring (bicyclic) bond motifs is 1. The number of anilines is 1. The average molecular weight is 329 g/mol. The summed E-state index contributed by atoms with van der Waals surface area (Å²) in [5, 5.41) is 3.32. The molecule has 0 bridgehead atoms. The van der Waals surface area contributed by atoms with Crippen molar-refractivity contribution in [3.8, 4) is 0 Å². The summed E-state index contributed by atoms with van der Waals surface area (Å²) in [6, 6.07) is 2.80. The summed E-state index contributed by atoms with van der Waals surface area (Å²) in [4.78, 5) is 4.24. The number of nitrogens with one attached hydrogen (secondary N) is 1. The highest BCUT2D eigenvalue weighted by atomic mass is 79.9. The molecule has 0 saturated carbocycles. The Balaban J connectivity index is 2.73. The third-order valence-electron chi connectivity index (χ3n) is 2.89. The molecule has 0 radical (unpaired) electrons. The Morgan fingerprint density at radius 3 is 2.63 bits per heavy atom. The number of pyridine rings is 1. The van der Waals surface area contributed by atoms with Crippen molar-refractivity contribution in [2.75, 3.05) is 11.9 Å². The van der Waals surface area contributed by atoms with E-state index in [1.165, 1.54) is 0 Å². The third kappa shape index (κ3) is 2.71. The van der Waals surface area contributed by atoms with Gasteiger partial charge < -0.3 is 5.32 Å². The van der Waals surface area contributed by atoms with Crippen molar-refractivity contribution in [2.24, 2.45) is 0 Å². The number of benzene rings is 1. The van der Waals surface area contributed by atoms with Crippen molar-refractivity contribution >= 4 is 32.7 Å². The third-order valence-corrected chi connectivity index (χ3v) is 3.47. The molecule has 0 amide bonds. The van der Waals surface area contributed by atoms with Gasteiger partial charge in [0.1, 0.15) is 17.2 Å². The molecule has 0 saturated heterocycles. The van der Waals surface area contributed by atoms with Crippen molar-refractivity contribution in [1.82, 2.24) is 4.98 Å². The zero-order valence-electron chi connectivity index (χ0n) is 10.9. The van der Waals surface area contributed by atoms with Crippen LogP contribution in [0.5, 0.6) is 0 Å². The van der Waals surface area contributed by atoms with Gasteiger partial charge in [0, 0.05) is 11.9 Å². The predicted molar refractivity (Wildman–Crippen MR) is 77.5 cm³/mol. The first kappa shape index (κ1) is 14.2. The summed E-state index contributed by atoms with van der Waals surface area (Å²) >= 11 is 3.02. The number of hydrogen-bond acceptors (Lipinski definition) is 2. The molecule has 0 unspecified atom stereocenters. The maximum Gasteiger partial charge on any atom is 0.150 e. The summed E-state index contributed by atoms with van der Waals surface area (Å²) in [5.41, 5.74) is 0.977. The quantitative estimate of drug-likeness (QED) is 0.825. The van der Waals surface area contributed by atoms with E-state index in [1.807, 2.05) is 13.8 Å². The van der Waals surface area contributed by atoms with E-state index in [4.69, 9.17) is 0 Å². The first-order chi connectivity index (χ1) is 9.08. The summed E-state index contributed by atoms with van der Waals surface area (Å²) in [6.07, 6.45) is 1.70. The van der Waals surface area contributed by atoms with E-state index in [9.17, 15) is 8.78 Å². The van der Waals surface area contributed by atoms with Gasteiger partial charge in [-0.15, -0.1) is 0 Å². The van der Waals surface area contributed by atoms with E-state index >= 15 is 0 Å². The summed E-state index contributed by atoms with van der Waals surface area (Å²) in [5.74, 6) is -0.354. The molecule has 0 atom stereocenters. The lowest BCUT2D eigenvalue weighted by atomic mass is 10.1. The summed E-state index contributed by atoms with van der Waals surface area (Å²) in [6.45, 7) is 4.67.